The Morgan fingerprint density at radius 3 is 2.48 bits per heavy atom. The highest BCUT2D eigenvalue weighted by atomic mass is 17.2. The standard InChI is InChI=1S/C36H39NO15/c1-2-17-5-18(8-20(38)7-17)6-19-9-25-22(34-23(14-45-25)21-10-27-28(48-16-47-27)12-26(21)49-34)11-24(19)51-52-35-33(43)32(42)29(50-36(35)44-4-3-37)15-46-31(41)13-30(39)40/h5,7-12,23,29,32-36,38,42-43H,2-4,6,13-16,37H2,1H3,(H,39,40)/t23-,29-,32-,33+,34+,35+,36-/m1/s1. The molecule has 3 aromatic carbocycles. The minimum absolute atomic E-state index is 0.0297. The number of aliphatic hydroxyl groups excluding tert-OH is 2. The first-order valence-corrected chi connectivity index (χ1v) is 16.9. The Balaban J connectivity index is 1.17. The van der Waals surface area contributed by atoms with Crippen molar-refractivity contribution >= 4 is 11.9 Å². The molecular weight excluding hydrogens is 686 g/mol. The summed E-state index contributed by atoms with van der Waals surface area (Å²) < 4.78 is 40.3. The number of carboxylic acids is 1. The van der Waals surface area contributed by atoms with Gasteiger partial charge < -0.3 is 64.2 Å². The van der Waals surface area contributed by atoms with E-state index in [-0.39, 0.29) is 43.8 Å². The van der Waals surface area contributed by atoms with Gasteiger partial charge in [-0.05, 0) is 47.9 Å². The summed E-state index contributed by atoms with van der Waals surface area (Å²) in [6.45, 7) is 1.93. The van der Waals surface area contributed by atoms with Crippen molar-refractivity contribution < 1.29 is 72.9 Å². The first kappa shape index (κ1) is 35.6. The molecule has 7 rings (SSSR count). The lowest BCUT2D eigenvalue weighted by atomic mass is 9.88. The van der Waals surface area contributed by atoms with E-state index < -0.39 is 61.8 Å². The second-order valence-electron chi connectivity index (χ2n) is 12.8. The predicted octanol–water partition coefficient (Wildman–Crippen LogP) is 2.00. The molecule has 1 fully saturated rings. The molecule has 0 bridgehead atoms. The summed E-state index contributed by atoms with van der Waals surface area (Å²) in [5.41, 5.74) is 9.55. The molecule has 52 heavy (non-hydrogen) atoms. The lowest BCUT2D eigenvalue weighted by Crippen LogP contribution is -2.60. The molecule has 16 nitrogen and oxygen atoms in total. The number of carboxylic acid groups (broad SMARTS) is 1. The Hall–Kier alpha value is -4.84. The Kier molecular flexibility index (Phi) is 10.3. The summed E-state index contributed by atoms with van der Waals surface area (Å²) in [7, 11) is 0. The second kappa shape index (κ2) is 15.0. The van der Waals surface area contributed by atoms with Crippen LogP contribution in [-0.2, 0) is 41.5 Å². The van der Waals surface area contributed by atoms with Gasteiger partial charge in [-0.3, -0.25) is 9.59 Å². The number of benzene rings is 3. The summed E-state index contributed by atoms with van der Waals surface area (Å²) in [4.78, 5) is 34.5. The predicted molar refractivity (Wildman–Crippen MR) is 175 cm³/mol. The lowest BCUT2D eigenvalue weighted by Gasteiger charge is -2.41. The van der Waals surface area contributed by atoms with E-state index in [0.29, 0.717) is 47.2 Å². The first-order valence-electron chi connectivity index (χ1n) is 16.9. The Morgan fingerprint density at radius 2 is 1.71 bits per heavy atom. The summed E-state index contributed by atoms with van der Waals surface area (Å²) in [6, 6.07) is 12.5. The van der Waals surface area contributed by atoms with E-state index in [0.717, 1.165) is 16.7 Å². The Labute approximate surface area is 297 Å². The van der Waals surface area contributed by atoms with Crippen molar-refractivity contribution in [2.75, 3.05) is 33.2 Å². The fourth-order valence-electron chi connectivity index (χ4n) is 6.72. The van der Waals surface area contributed by atoms with Gasteiger partial charge in [-0.1, -0.05) is 13.0 Å². The number of hydrogen-bond donors (Lipinski definition) is 5. The number of fused-ring (bicyclic) bond motifs is 6. The van der Waals surface area contributed by atoms with Gasteiger partial charge >= 0.3 is 11.9 Å². The van der Waals surface area contributed by atoms with Crippen LogP contribution in [-0.4, -0.2) is 96.2 Å². The minimum atomic E-state index is -1.68. The number of nitrogens with two attached hydrogens (primary N) is 1. The van der Waals surface area contributed by atoms with Crippen LogP contribution in [0.5, 0.6) is 34.5 Å². The number of phenolic OH excluding ortho intramolecular Hbond substituents is 1. The second-order valence-corrected chi connectivity index (χ2v) is 12.8. The molecule has 16 heteroatoms. The van der Waals surface area contributed by atoms with E-state index in [1.165, 1.54) is 0 Å². The number of ether oxygens (including phenoxy) is 7. The summed E-state index contributed by atoms with van der Waals surface area (Å²) in [6.07, 6.45) is -7.76. The number of aromatic hydroxyl groups is 1. The van der Waals surface area contributed by atoms with Crippen molar-refractivity contribution in [3.05, 3.63) is 70.3 Å². The molecule has 278 valence electrons. The van der Waals surface area contributed by atoms with Crippen LogP contribution in [0.15, 0.2) is 42.5 Å². The number of carbonyl (C=O) groups is 2. The molecule has 0 aromatic heterocycles. The number of rotatable bonds is 13. The molecule has 0 saturated carbocycles. The van der Waals surface area contributed by atoms with Crippen LogP contribution in [0, 0.1) is 0 Å². The molecule has 0 radical (unpaired) electrons. The third kappa shape index (κ3) is 7.26. The van der Waals surface area contributed by atoms with Crippen LogP contribution in [0.1, 0.15) is 53.2 Å². The first-order chi connectivity index (χ1) is 25.1. The average Bonchev–Trinajstić information content (AvgIpc) is 3.73. The van der Waals surface area contributed by atoms with Gasteiger partial charge in [0.1, 0.15) is 54.7 Å². The van der Waals surface area contributed by atoms with Crippen molar-refractivity contribution in [1.29, 1.82) is 0 Å². The van der Waals surface area contributed by atoms with E-state index in [1.54, 1.807) is 24.3 Å². The molecule has 0 spiro atoms. The Bertz CT molecular complexity index is 1820. The van der Waals surface area contributed by atoms with Gasteiger partial charge in [0, 0.05) is 35.7 Å². The number of hydrogen-bond acceptors (Lipinski definition) is 15. The van der Waals surface area contributed by atoms with Crippen molar-refractivity contribution in [2.24, 2.45) is 5.73 Å². The smallest absolute Gasteiger partial charge is 0.317 e. The molecule has 4 aliphatic heterocycles. The number of aliphatic carboxylic acids is 1. The molecule has 0 unspecified atom stereocenters. The largest absolute Gasteiger partial charge is 0.508 e. The average molecular weight is 726 g/mol. The molecule has 4 heterocycles. The fourth-order valence-corrected chi connectivity index (χ4v) is 6.72. The van der Waals surface area contributed by atoms with Gasteiger partial charge in [0.05, 0.1) is 19.1 Å². The number of phenols is 1. The van der Waals surface area contributed by atoms with Crippen LogP contribution in [0.2, 0.25) is 0 Å². The maximum Gasteiger partial charge on any atom is 0.317 e. The number of esters is 1. The molecule has 3 aromatic rings. The van der Waals surface area contributed by atoms with Crippen molar-refractivity contribution in [3.8, 4) is 34.5 Å². The minimum Gasteiger partial charge on any atom is -0.508 e. The van der Waals surface area contributed by atoms with E-state index in [9.17, 15) is 24.9 Å². The highest BCUT2D eigenvalue weighted by Gasteiger charge is 2.48. The van der Waals surface area contributed by atoms with Crippen molar-refractivity contribution in [2.45, 2.75) is 68.9 Å². The maximum atomic E-state index is 11.8. The molecule has 0 aliphatic carbocycles. The van der Waals surface area contributed by atoms with E-state index >= 15 is 0 Å². The summed E-state index contributed by atoms with van der Waals surface area (Å²) in [5.74, 6) is 0.145. The molecule has 6 N–H and O–H groups in total. The van der Waals surface area contributed by atoms with E-state index in [4.69, 9.17) is 53.8 Å². The van der Waals surface area contributed by atoms with Crippen LogP contribution in [0.3, 0.4) is 0 Å². The SMILES string of the molecule is CCc1cc(O)cc(Cc2cc3c(cc2OO[C@@H]2[C@H](OCCN)O[C@H](COC(=O)CC(=O)O)[C@@H](O)[C@@H]2O)[C@@H]2Oc4cc5c(cc4[C@H]2CO3)OCO5)c1. The maximum absolute atomic E-state index is 11.8. The summed E-state index contributed by atoms with van der Waals surface area (Å²) >= 11 is 0. The molecule has 7 atom stereocenters. The molecule has 4 aliphatic rings. The van der Waals surface area contributed by atoms with Gasteiger partial charge in [0.2, 0.25) is 6.79 Å². The van der Waals surface area contributed by atoms with Gasteiger partial charge in [0.15, 0.2) is 29.6 Å². The quantitative estimate of drug-likeness (QED) is 0.0735. The molecular formula is C36H39NO15. The van der Waals surface area contributed by atoms with Gasteiger partial charge in [-0.25, -0.2) is 0 Å². The van der Waals surface area contributed by atoms with Gasteiger partial charge in [-0.15, -0.1) is 0 Å². The van der Waals surface area contributed by atoms with Crippen molar-refractivity contribution in [3.63, 3.8) is 0 Å². The van der Waals surface area contributed by atoms with E-state index in [1.807, 2.05) is 25.1 Å². The van der Waals surface area contributed by atoms with Crippen LogP contribution >= 0.6 is 0 Å². The third-order valence-electron chi connectivity index (χ3n) is 9.28. The topological polar surface area (TPSA) is 224 Å². The van der Waals surface area contributed by atoms with Gasteiger partial charge in [0.25, 0.3) is 0 Å². The Morgan fingerprint density at radius 1 is 0.923 bits per heavy atom. The number of aliphatic hydroxyl groups is 2. The monoisotopic (exact) mass is 725 g/mol. The van der Waals surface area contributed by atoms with Crippen LogP contribution < -0.4 is 29.6 Å². The van der Waals surface area contributed by atoms with E-state index in [2.05, 4.69) is 0 Å². The molecule has 1 saturated heterocycles. The van der Waals surface area contributed by atoms with Crippen molar-refractivity contribution in [1.82, 2.24) is 0 Å². The normalized spacial score (nSPS) is 25.3. The fraction of sp³-hybridized carbons (Fsp3) is 0.444. The number of carbonyl (C=O) groups excluding carboxylic acids is 1. The van der Waals surface area contributed by atoms with Crippen LogP contribution in [0.25, 0.3) is 0 Å². The summed E-state index contributed by atoms with van der Waals surface area (Å²) in [5, 5.41) is 41.3. The van der Waals surface area contributed by atoms with Gasteiger partial charge in [-0.2, -0.15) is 4.89 Å². The van der Waals surface area contributed by atoms with Crippen LogP contribution in [0.4, 0.5) is 0 Å². The highest BCUT2D eigenvalue weighted by molar-refractivity contribution is 5.90. The zero-order valence-corrected chi connectivity index (χ0v) is 28.1. The number of aryl methyl sites for hydroxylation is 1. The highest BCUT2D eigenvalue weighted by Crippen LogP contribution is 2.55. The molecule has 0 amide bonds. The third-order valence-corrected chi connectivity index (χ3v) is 9.28. The lowest BCUT2D eigenvalue weighted by molar-refractivity contribution is -0.372. The zero-order chi connectivity index (χ0) is 36.5. The zero-order valence-electron chi connectivity index (χ0n) is 28.1.